The van der Waals surface area contributed by atoms with Crippen LogP contribution >= 0.6 is 0 Å². The monoisotopic (exact) mass is 543 g/mol. The first-order valence-electron chi connectivity index (χ1n) is 12.1. The van der Waals surface area contributed by atoms with E-state index in [1.165, 1.54) is 13.8 Å². The van der Waals surface area contributed by atoms with Crippen molar-refractivity contribution in [2.45, 2.75) is 59.6 Å². The zero-order valence-electron chi connectivity index (χ0n) is 22.6. The molecule has 0 spiro atoms. The van der Waals surface area contributed by atoms with Crippen molar-refractivity contribution >= 4 is 32.6 Å². The fraction of sp³-hybridized carbons (Fsp3) is 0.600. The van der Waals surface area contributed by atoms with Gasteiger partial charge in [-0.15, -0.1) is 0 Å². The van der Waals surface area contributed by atoms with Gasteiger partial charge in [-0.2, -0.15) is 0 Å². The first kappa shape index (κ1) is 34.2. The van der Waals surface area contributed by atoms with Gasteiger partial charge in [0.15, 0.2) is 6.10 Å². The molecule has 0 aromatic heterocycles. The molecule has 0 saturated heterocycles. The van der Waals surface area contributed by atoms with Gasteiger partial charge < -0.3 is 32.8 Å². The molecular weight excluding hydrogens is 502 g/mol. The van der Waals surface area contributed by atoms with Crippen LogP contribution in [0.3, 0.4) is 0 Å². The molecule has 0 rings (SSSR count). The summed E-state index contributed by atoms with van der Waals surface area (Å²) in [6.45, 7) is 20.0. The standard InChI is InChI=1S/C25H41NO10Si/c1-9-33-37(34-10-2,35-11-3)14-12-13-26-23(28)20(8)15-22(27)36-21(16-31-24(29)18(4)5)17-32-25(30)19(6)7/h21H,4,6,8-17H2,1-3,5,7H3,(H,26,28). The van der Waals surface area contributed by atoms with Gasteiger partial charge in [-0.25, -0.2) is 9.59 Å². The Morgan fingerprint density at radius 1 is 0.811 bits per heavy atom. The fourth-order valence-electron chi connectivity index (χ4n) is 2.81. The number of rotatable bonds is 20. The van der Waals surface area contributed by atoms with Crippen molar-refractivity contribution in [1.82, 2.24) is 5.32 Å². The average Bonchev–Trinajstić information content (AvgIpc) is 2.83. The molecule has 0 atom stereocenters. The van der Waals surface area contributed by atoms with E-state index >= 15 is 0 Å². The molecule has 0 aliphatic carbocycles. The topological polar surface area (TPSA) is 136 Å². The summed E-state index contributed by atoms with van der Waals surface area (Å²) in [5.74, 6) is -2.71. The summed E-state index contributed by atoms with van der Waals surface area (Å²) < 4.78 is 32.6. The van der Waals surface area contributed by atoms with Gasteiger partial charge in [0.2, 0.25) is 5.91 Å². The molecule has 0 bridgehead atoms. The van der Waals surface area contributed by atoms with Crippen molar-refractivity contribution in [1.29, 1.82) is 0 Å². The largest absolute Gasteiger partial charge is 0.500 e. The second-order valence-electron chi connectivity index (χ2n) is 7.99. The van der Waals surface area contributed by atoms with Crippen LogP contribution in [-0.2, 0) is 46.7 Å². The number of hydrogen-bond donors (Lipinski definition) is 1. The van der Waals surface area contributed by atoms with Crippen molar-refractivity contribution in [3.05, 3.63) is 36.5 Å². The molecule has 12 heteroatoms. The zero-order valence-corrected chi connectivity index (χ0v) is 23.6. The van der Waals surface area contributed by atoms with Gasteiger partial charge in [-0.05, 0) is 41.0 Å². The lowest BCUT2D eigenvalue weighted by Gasteiger charge is -2.28. The molecule has 0 heterocycles. The summed E-state index contributed by atoms with van der Waals surface area (Å²) in [6.07, 6.45) is -0.968. The Hall–Kier alpha value is -2.80. The van der Waals surface area contributed by atoms with E-state index in [0.717, 1.165) is 0 Å². The van der Waals surface area contributed by atoms with Crippen LogP contribution in [0.5, 0.6) is 0 Å². The predicted molar refractivity (Wildman–Crippen MR) is 138 cm³/mol. The van der Waals surface area contributed by atoms with Gasteiger partial charge in [0.1, 0.15) is 13.2 Å². The van der Waals surface area contributed by atoms with Crippen LogP contribution in [0.4, 0.5) is 0 Å². The molecule has 0 aromatic carbocycles. The summed E-state index contributed by atoms with van der Waals surface area (Å²) in [4.78, 5) is 48.1. The summed E-state index contributed by atoms with van der Waals surface area (Å²) in [5.41, 5.74) is 0.278. The van der Waals surface area contributed by atoms with Crippen molar-refractivity contribution in [2.24, 2.45) is 0 Å². The SMILES string of the molecule is C=C(C)C(=O)OCC(COC(=O)C(=C)C)OC(=O)CC(=C)C(=O)NCCC[Si](OCC)(OCC)OCC. The van der Waals surface area contributed by atoms with E-state index in [9.17, 15) is 19.2 Å². The molecule has 210 valence electrons. The van der Waals surface area contributed by atoms with Crippen molar-refractivity contribution in [3.8, 4) is 0 Å². The van der Waals surface area contributed by atoms with Gasteiger partial charge in [0.05, 0.1) is 6.42 Å². The first-order chi connectivity index (χ1) is 17.4. The summed E-state index contributed by atoms with van der Waals surface area (Å²) in [6, 6.07) is 0.519. The minimum absolute atomic E-state index is 0.0236. The minimum Gasteiger partial charge on any atom is -0.458 e. The highest BCUT2D eigenvalue weighted by atomic mass is 28.4. The molecule has 0 saturated carbocycles. The van der Waals surface area contributed by atoms with Gasteiger partial charge in [-0.1, -0.05) is 19.7 Å². The number of ether oxygens (including phenoxy) is 3. The van der Waals surface area contributed by atoms with Crippen LogP contribution < -0.4 is 5.32 Å². The third-order valence-corrected chi connectivity index (χ3v) is 7.66. The lowest BCUT2D eigenvalue weighted by Crippen LogP contribution is -2.46. The number of nitrogens with one attached hydrogen (secondary N) is 1. The molecule has 0 fully saturated rings. The minimum atomic E-state index is -2.82. The van der Waals surface area contributed by atoms with Gasteiger partial charge in [0.25, 0.3) is 0 Å². The summed E-state index contributed by atoms with van der Waals surface area (Å²) in [5, 5.41) is 2.70. The average molecular weight is 544 g/mol. The van der Waals surface area contributed by atoms with E-state index in [-0.39, 0.29) is 29.9 Å². The zero-order chi connectivity index (χ0) is 28.4. The quantitative estimate of drug-likeness (QED) is 0.0802. The van der Waals surface area contributed by atoms with Crippen LogP contribution in [0.2, 0.25) is 6.04 Å². The highest BCUT2D eigenvalue weighted by molar-refractivity contribution is 6.60. The number of esters is 3. The molecular formula is C25H41NO10Si. The third-order valence-electron chi connectivity index (χ3n) is 4.51. The number of carbonyl (C=O) groups excluding carboxylic acids is 4. The van der Waals surface area contributed by atoms with E-state index in [1.54, 1.807) is 0 Å². The van der Waals surface area contributed by atoms with Gasteiger partial charge in [-0.3, -0.25) is 9.59 Å². The molecule has 1 N–H and O–H groups in total. The molecule has 11 nitrogen and oxygen atoms in total. The van der Waals surface area contributed by atoms with E-state index in [4.69, 9.17) is 27.5 Å². The molecule has 0 radical (unpaired) electrons. The Morgan fingerprint density at radius 2 is 1.27 bits per heavy atom. The fourth-order valence-corrected chi connectivity index (χ4v) is 5.43. The van der Waals surface area contributed by atoms with E-state index in [1.807, 2.05) is 20.8 Å². The molecule has 37 heavy (non-hydrogen) atoms. The normalized spacial score (nSPS) is 11.0. The van der Waals surface area contributed by atoms with Crippen molar-refractivity contribution in [3.63, 3.8) is 0 Å². The van der Waals surface area contributed by atoms with Crippen LogP contribution in [0.15, 0.2) is 36.5 Å². The van der Waals surface area contributed by atoms with Gasteiger partial charge >= 0.3 is 26.7 Å². The van der Waals surface area contributed by atoms with Crippen LogP contribution in [0, 0.1) is 0 Å². The summed E-state index contributed by atoms with van der Waals surface area (Å²) >= 11 is 0. The van der Waals surface area contributed by atoms with E-state index < -0.39 is 45.1 Å². The van der Waals surface area contributed by atoms with Crippen molar-refractivity contribution in [2.75, 3.05) is 39.6 Å². The molecule has 0 aromatic rings. The smallest absolute Gasteiger partial charge is 0.458 e. The Morgan fingerprint density at radius 3 is 1.68 bits per heavy atom. The second kappa shape index (κ2) is 18.4. The highest BCUT2D eigenvalue weighted by Gasteiger charge is 2.39. The number of amides is 1. The second-order valence-corrected chi connectivity index (χ2v) is 10.7. The predicted octanol–water partition coefficient (Wildman–Crippen LogP) is 2.64. The maximum Gasteiger partial charge on any atom is 0.500 e. The Kier molecular flexibility index (Phi) is 17.0. The van der Waals surface area contributed by atoms with E-state index in [2.05, 4.69) is 25.1 Å². The third kappa shape index (κ3) is 14.5. The molecule has 0 aliphatic rings. The maximum absolute atomic E-state index is 12.4. The van der Waals surface area contributed by atoms with Crippen LogP contribution in [-0.4, -0.2) is 78.3 Å². The number of carbonyl (C=O) groups is 4. The molecule has 0 unspecified atom stereocenters. The van der Waals surface area contributed by atoms with E-state index in [0.29, 0.717) is 38.8 Å². The van der Waals surface area contributed by atoms with Crippen LogP contribution in [0.25, 0.3) is 0 Å². The Bertz CT molecular complexity index is 779. The summed E-state index contributed by atoms with van der Waals surface area (Å²) in [7, 11) is -2.82. The Balaban J connectivity index is 4.82. The molecule has 1 amide bonds. The van der Waals surface area contributed by atoms with Crippen LogP contribution in [0.1, 0.15) is 47.5 Å². The lowest BCUT2D eigenvalue weighted by atomic mass is 10.2. The Labute approximate surface area is 220 Å². The molecule has 0 aliphatic heterocycles. The van der Waals surface area contributed by atoms with Gasteiger partial charge in [0, 0.05) is 49.1 Å². The maximum atomic E-state index is 12.4. The highest BCUT2D eigenvalue weighted by Crippen LogP contribution is 2.18. The lowest BCUT2D eigenvalue weighted by molar-refractivity contribution is -0.164. The number of hydrogen-bond acceptors (Lipinski definition) is 10. The van der Waals surface area contributed by atoms with Crippen molar-refractivity contribution < 1.29 is 46.7 Å². The first-order valence-corrected chi connectivity index (χ1v) is 14.1.